The lowest BCUT2D eigenvalue weighted by Crippen LogP contribution is -2.44. The topological polar surface area (TPSA) is 55.8 Å². The Balaban J connectivity index is 1.83. The fourth-order valence-corrected chi connectivity index (χ4v) is 2.41. The van der Waals surface area contributed by atoms with Crippen LogP contribution in [0, 0.1) is 5.92 Å². The maximum absolute atomic E-state index is 12.1. The number of ether oxygens (including phenoxy) is 2. The van der Waals surface area contributed by atoms with Crippen LogP contribution in [0.15, 0.2) is 30.3 Å². The van der Waals surface area contributed by atoms with E-state index in [0.717, 1.165) is 12.8 Å². The standard InChI is InChI=1S/C16H21NO4/c1-2-20-16(19)13-7-6-10-17(11-13)15(18)12-21-14-8-4-3-5-9-14/h3-5,8-9,13H,2,6-7,10-12H2,1H3/t13-/m0/s1. The second-order valence-electron chi connectivity index (χ2n) is 5.03. The predicted octanol–water partition coefficient (Wildman–Crippen LogP) is 1.87. The Labute approximate surface area is 124 Å². The number of hydrogen-bond donors (Lipinski definition) is 0. The summed E-state index contributed by atoms with van der Waals surface area (Å²) >= 11 is 0. The SMILES string of the molecule is CCOC(=O)[C@H]1CCCN(C(=O)COc2ccccc2)C1. The summed E-state index contributed by atoms with van der Waals surface area (Å²) in [6.07, 6.45) is 1.60. The number of piperidine rings is 1. The first-order chi connectivity index (χ1) is 10.2. The number of carbonyl (C=O) groups excluding carboxylic acids is 2. The van der Waals surface area contributed by atoms with Crippen LogP contribution in [0.4, 0.5) is 0 Å². The van der Waals surface area contributed by atoms with Crippen LogP contribution in [0.5, 0.6) is 5.75 Å². The van der Waals surface area contributed by atoms with Gasteiger partial charge in [-0.1, -0.05) is 18.2 Å². The molecule has 0 N–H and O–H groups in total. The van der Waals surface area contributed by atoms with E-state index in [1.165, 1.54) is 0 Å². The molecule has 0 aromatic heterocycles. The van der Waals surface area contributed by atoms with Gasteiger partial charge in [-0.2, -0.15) is 0 Å². The van der Waals surface area contributed by atoms with Crippen molar-refractivity contribution in [3.63, 3.8) is 0 Å². The van der Waals surface area contributed by atoms with Gasteiger partial charge in [-0.15, -0.1) is 0 Å². The second kappa shape index (κ2) is 7.67. The summed E-state index contributed by atoms with van der Waals surface area (Å²) in [6, 6.07) is 9.23. The van der Waals surface area contributed by atoms with Crippen molar-refractivity contribution in [2.75, 3.05) is 26.3 Å². The molecule has 0 spiro atoms. The average Bonchev–Trinajstić information content (AvgIpc) is 2.54. The third-order valence-electron chi connectivity index (χ3n) is 3.50. The van der Waals surface area contributed by atoms with Crippen LogP contribution in [0.25, 0.3) is 0 Å². The van der Waals surface area contributed by atoms with Gasteiger partial charge in [0.05, 0.1) is 12.5 Å². The van der Waals surface area contributed by atoms with Crippen molar-refractivity contribution in [1.29, 1.82) is 0 Å². The molecule has 5 nitrogen and oxygen atoms in total. The number of carbonyl (C=O) groups is 2. The summed E-state index contributed by atoms with van der Waals surface area (Å²) in [5, 5.41) is 0. The Hall–Kier alpha value is -2.04. The Morgan fingerprint density at radius 3 is 2.76 bits per heavy atom. The number of amides is 1. The molecule has 0 bridgehead atoms. The lowest BCUT2D eigenvalue weighted by Gasteiger charge is -2.31. The molecule has 0 radical (unpaired) electrons. The normalized spacial score (nSPS) is 18.1. The van der Waals surface area contributed by atoms with E-state index >= 15 is 0 Å². The maximum Gasteiger partial charge on any atom is 0.310 e. The van der Waals surface area contributed by atoms with E-state index in [1.807, 2.05) is 30.3 Å². The first-order valence-corrected chi connectivity index (χ1v) is 7.33. The van der Waals surface area contributed by atoms with E-state index in [4.69, 9.17) is 9.47 Å². The third kappa shape index (κ3) is 4.48. The number of hydrogen-bond acceptors (Lipinski definition) is 4. The number of likely N-dealkylation sites (tertiary alicyclic amines) is 1. The molecule has 114 valence electrons. The molecule has 1 amide bonds. The number of benzene rings is 1. The predicted molar refractivity (Wildman–Crippen MR) is 77.9 cm³/mol. The van der Waals surface area contributed by atoms with Gasteiger partial charge in [0.25, 0.3) is 5.91 Å². The Morgan fingerprint density at radius 1 is 1.29 bits per heavy atom. The van der Waals surface area contributed by atoms with Crippen LogP contribution in [0.1, 0.15) is 19.8 Å². The van der Waals surface area contributed by atoms with Crippen molar-refractivity contribution in [3.8, 4) is 5.75 Å². The summed E-state index contributed by atoms with van der Waals surface area (Å²) in [5.41, 5.74) is 0. The van der Waals surface area contributed by atoms with E-state index in [1.54, 1.807) is 11.8 Å². The van der Waals surface area contributed by atoms with Crippen LogP contribution in [0.3, 0.4) is 0 Å². The van der Waals surface area contributed by atoms with Gasteiger partial charge in [0, 0.05) is 13.1 Å². The zero-order valence-electron chi connectivity index (χ0n) is 12.3. The van der Waals surface area contributed by atoms with Gasteiger partial charge >= 0.3 is 5.97 Å². The molecule has 0 unspecified atom stereocenters. The van der Waals surface area contributed by atoms with Crippen LogP contribution >= 0.6 is 0 Å². The van der Waals surface area contributed by atoms with Gasteiger partial charge < -0.3 is 14.4 Å². The summed E-state index contributed by atoms with van der Waals surface area (Å²) in [7, 11) is 0. The highest BCUT2D eigenvalue weighted by Crippen LogP contribution is 2.18. The molecule has 1 heterocycles. The van der Waals surface area contributed by atoms with Gasteiger partial charge in [-0.25, -0.2) is 0 Å². The quantitative estimate of drug-likeness (QED) is 0.777. The minimum atomic E-state index is -0.209. The van der Waals surface area contributed by atoms with Crippen LogP contribution in [-0.2, 0) is 14.3 Å². The summed E-state index contributed by atoms with van der Waals surface area (Å²) in [4.78, 5) is 25.6. The smallest absolute Gasteiger partial charge is 0.310 e. The molecular weight excluding hydrogens is 270 g/mol. The molecule has 1 aliphatic rings. The van der Waals surface area contributed by atoms with Gasteiger partial charge in [-0.3, -0.25) is 9.59 Å². The zero-order chi connectivity index (χ0) is 15.1. The molecule has 1 aliphatic heterocycles. The molecule has 2 rings (SSSR count). The highest BCUT2D eigenvalue weighted by molar-refractivity contribution is 5.79. The van der Waals surface area contributed by atoms with Crippen molar-refractivity contribution < 1.29 is 19.1 Å². The minimum absolute atomic E-state index is 0.000438. The third-order valence-corrected chi connectivity index (χ3v) is 3.50. The number of para-hydroxylation sites is 1. The summed E-state index contributed by atoms with van der Waals surface area (Å²) in [5.74, 6) is 0.163. The molecule has 0 saturated carbocycles. The largest absolute Gasteiger partial charge is 0.484 e. The van der Waals surface area contributed by atoms with Gasteiger partial charge in [0.15, 0.2) is 6.61 Å². The van der Waals surface area contributed by atoms with Crippen molar-refractivity contribution in [3.05, 3.63) is 30.3 Å². The van der Waals surface area contributed by atoms with Crippen LogP contribution in [0.2, 0.25) is 0 Å². The van der Waals surface area contributed by atoms with Gasteiger partial charge in [0.1, 0.15) is 5.75 Å². The fourth-order valence-electron chi connectivity index (χ4n) is 2.41. The lowest BCUT2D eigenvalue weighted by atomic mass is 9.98. The van der Waals surface area contributed by atoms with E-state index in [0.29, 0.717) is 25.4 Å². The van der Waals surface area contributed by atoms with Crippen molar-refractivity contribution in [1.82, 2.24) is 4.90 Å². The molecule has 1 aromatic carbocycles. The van der Waals surface area contributed by atoms with E-state index < -0.39 is 0 Å². The van der Waals surface area contributed by atoms with Crippen molar-refractivity contribution in [2.24, 2.45) is 5.92 Å². The summed E-state index contributed by atoms with van der Waals surface area (Å²) < 4.78 is 10.5. The first kappa shape index (κ1) is 15.4. The number of esters is 1. The Kier molecular flexibility index (Phi) is 5.60. The molecule has 1 aromatic rings. The van der Waals surface area contributed by atoms with E-state index in [2.05, 4.69) is 0 Å². The maximum atomic E-state index is 12.1. The first-order valence-electron chi connectivity index (χ1n) is 7.33. The highest BCUT2D eigenvalue weighted by Gasteiger charge is 2.29. The molecule has 0 aliphatic carbocycles. The van der Waals surface area contributed by atoms with Gasteiger partial charge in [0.2, 0.25) is 0 Å². The fraction of sp³-hybridized carbons (Fsp3) is 0.500. The van der Waals surface area contributed by atoms with Crippen LogP contribution in [-0.4, -0.2) is 43.1 Å². The van der Waals surface area contributed by atoms with Crippen molar-refractivity contribution in [2.45, 2.75) is 19.8 Å². The molecule has 5 heteroatoms. The average molecular weight is 291 g/mol. The van der Waals surface area contributed by atoms with Crippen molar-refractivity contribution >= 4 is 11.9 Å². The zero-order valence-corrected chi connectivity index (χ0v) is 12.3. The molecule has 1 atom stereocenters. The Morgan fingerprint density at radius 2 is 2.05 bits per heavy atom. The summed E-state index contributed by atoms with van der Waals surface area (Å²) in [6.45, 7) is 3.26. The molecule has 1 saturated heterocycles. The number of rotatable bonds is 5. The van der Waals surface area contributed by atoms with E-state index in [9.17, 15) is 9.59 Å². The Bertz CT molecular complexity index is 474. The van der Waals surface area contributed by atoms with Crippen LogP contribution < -0.4 is 4.74 Å². The minimum Gasteiger partial charge on any atom is -0.484 e. The number of nitrogens with zero attached hydrogens (tertiary/aromatic N) is 1. The monoisotopic (exact) mass is 291 g/mol. The second-order valence-corrected chi connectivity index (χ2v) is 5.03. The van der Waals surface area contributed by atoms with Gasteiger partial charge in [-0.05, 0) is 31.9 Å². The molecular formula is C16H21NO4. The lowest BCUT2D eigenvalue weighted by molar-refractivity contribution is -0.151. The molecule has 21 heavy (non-hydrogen) atoms. The highest BCUT2D eigenvalue weighted by atomic mass is 16.5. The van der Waals surface area contributed by atoms with E-state index in [-0.39, 0.29) is 24.4 Å². The molecule has 1 fully saturated rings.